The number of hydrazine groups is 1. The molecule has 4 heteroatoms. The molecule has 0 spiro atoms. The molecule has 0 saturated heterocycles. The maximum absolute atomic E-state index is 14.2. The standard InChI is InChI=1S/C16H20FN3/c1-4-19-11(2)15(18)12(3)20(19)14-7-5-6-13(10-14)16(17)8-9-16/h5-7,10H,3-4,8-9,18H2,1-2H3. The summed E-state index contributed by atoms with van der Waals surface area (Å²) in [5.41, 5.74) is 9.06. The van der Waals surface area contributed by atoms with Crippen LogP contribution in [0.25, 0.3) is 0 Å². The molecule has 1 fully saturated rings. The van der Waals surface area contributed by atoms with Crippen LogP contribution in [0.15, 0.2) is 47.9 Å². The first kappa shape index (κ1) is 13.0. The molecule has 1 saturated carbocycles. The van der Waals surface area contributed by atoms with Crippen molar-refractivity contribution < 1.29 is 4.39 Å². The monoisotopic (exact) mass is 273 g/mol. The Morgan fingerprint density at radius 1 is 1.40 bits per heavy atom. The van der Waals surface area contributed by atoms with Gasteiger partial charge in [0.15, 0.2) is 0 Å². The van der Waals surface area contributed by atoms with Crippen LogP contribution in [0, 0.1) is 0 Å². The van der Waals surface area contributed by atoms with Crippen LogP contribution in [0.5, 0.6) is 0 Å². The zero-order chi connectivity index (χ0) is 14.5. The lowest BCUT2D eigenvalue weighted by Gasteiger charge is -2.32. The lowest BCUT2D eigenvalue weighted by molar-refractivity contribution is 0.317. The maximum atomic E-state index is 14.2. The van der Waals surface area contributed by atoms with E-state index in [4.69, 9.17) is 5.73 Å². The molecule has 1 heterocycles. The Morgan fingerprint density at radius 3 is 2.70 bits per heavy atom. The van der Waals surface area contributed by atoms with Gasteiger partial charge in [0, 0.05) is 6.54 Å². The number of hydrogen-bond acceptors (Lipinski definition) is 3. The smallest absolute Gasteiger partial charge is 0.136 e. The molecule has 1 aromatic carbocycles. The number of allylic oxidation sites excluding steroid dienone is 1. The second kappa shape index (κ2) is 4.27. The highest BCUT2D eigenvalue weighted by atomic mass is 19.1. The molecule has 0 bridgehead atoms. The van der Waals surface area contributed by atoms with Crippen LogP contribution in [0.2, 0.25) is 0 Å². The van der Waals surface area contributed by atoms with E-state index in [1.165, 1.54) is 0 Å². The van der Waals surface area contributed by atoms with E-state index < -0.39 is 5.67 Å². The average Bonchev–Trinajstić information content (AvgIpc) is 3.17. The second-order valence-corrected chi connectivity index (χ2v) is 5.49. The normalized spacial score (nSPS) is 20.9. The Morgan fingerprint density at radius 2 is 2.10 bits per heavy atom. The molecule has 3 nitrogen and oxygen atoms in total. The molecule has 0 atom stereocenters. The zero-order valence-corrected chi connectivity index (χ0v) is 12.0. The van der Waals surface area contributed by atoms with Crippen molar-refractivity contribution in [2.24, 2.45) is 5.73 Å². The number of rotatable bonds is 3. The van der Waals surface area contributed by atoms with Crippen molar-refractivity contribution in [1.29, 1.82) is 0 Å². The van der Waals surface area contributed by atoms with Gasteiger partial charge in [-0.1, -0.05) is 18.7 Å². The SMILES string of the molecule is C=C1C(N)=C(C)N(CC)N1c1cccc(C2(F)CC2)c1. The zero-order valence-electron chi connectivity index (χ0n) is 12.0. The van der Waals surface area contributed by atoms with Crippen LogP contribution in [-0.4, -0.2) is 11.6 Å². The van der Waals surface area contributed by atoms with E-state index in [-0.39, 0.29) is 0 Å². The van der Waals surface area contributed by atoms with Crippen molar-refractivity contribution in [3.8, 4) is 0 Å². The van der Waals surface area contributed by atoms with E-state index in [9.17, 15) is 4.39 Å². The van der Waals surface area contributed by atoms with Crippen LogP contribution in [-0.2, 0) is 5.67 Å². The first-order valence-electron chi connectivity index (χ1n) is 7.00. The van der Waals surface area contributed by atoms with Crippen LogP contribution >= 0.6 is 0 Å². The number of benzene rings is 1. The Bertz CT molecular complexity index is 601. The van der Waals surface area contributed by atoms with Crippen molar-refractivity contribution in [3.63, 3.8) is 0 Å². The van der Waals surface area contributed by atoms with Crippen molar-refractivity contribution in [3.05, 3.63) is 53.5 Å². The fourth-order valence-corrected chi connectivity index (χ4v) is 2.75. The van der Waals surface area contributed by atoms with E-state index in [2.05, 4.69) is 18.5 Å². The van der Waals surface area contributed by atoms with Gasteiger partial charge in [0.1, 0.15) is 5.67 Å². The Balaban J connectivity index is 1.99. The molecule has 0 aromatic heterocycles. The average molecular weight is 273 g/mol. The fourth-order valence-electron chi connectivity index (χ4n) is 2.75. The summed E-state index contributed by atoms with van der Waals surface area (Å²) in [5.74, 6) is 0. The van der Waals surface area contributed by atoms with Gasteiger partial charge in [-0.3, -0.25) is 10.0 Å². The van der Waals surface area contributed by atoms with E-state index in [1.54, 1.807) is 0 Å². The van der Waals surface area contributed by atoms with Crippen LogP contribution in [0.1, 0.15) is 32.3 Å². The predicted octanol–water partition coefficient (Wildman–Crippen LogP) is 3.41. The molecule has 106 valence electrons. The Labute approximate surface area is 119 Å². The van der Waals surface area contributed by atoms with Gasteiger partial charge in [-0.15, -0.1) is 0 Å². The van der Waals surface area contributed by atoms with Gasteiger partial charge in [0.05, 0.1) is 22.8 Å². The molecular weight excluding hydrogens is 253 g/mol. The van der Waals surface area contributed by atoms with Crippen molar-refractivity contribution in [2.45, 2.75) is 32.4 Å². The number of nitrogens with two attached hydrogens (primary N) is 1. The summed E-state index contributed by atoms with van der Waals surface area (Å²) in [6.45, 7) is 8.88. The number of halogens is 1. The molecule has 1 aliphatic carbocycles. The summed E-state index contributed by atoms with van der Waals surface area (Å²) in [4.78, 5) is 0. The molecular formula is C16H20FN3. The number of hydrogen-bond donors (Lipinski definition) is 1. The van der Waals surface area contributed by atoms with Gasteiger partial charge in [0.2, 0.25) is 0 Å². The number of alkyl halides is 1. The first-order chi connectivity index (χ1) is 9.48. The summed E-state index contributed by atoms with van der Waals surface area (Å²) in [6, 6.07) is 7.63. The molecule has 2 aliphatic rings. The molecule has 1 aromatic rings. The minimum atomic E-state index is -1.12. The van der Waals surface area contributed by atoms with Crippen LogP contribution < -0.4 is 10.7 Å². The lowest BCUT2D eigenvalue weighted by atomic mass is 10.1. The van der Waals surface area contributed by atoms with Gasteiger partial charge in [0.25, 0.3) is 0 Å². The highest BCUT2D eigenvalue weighted by molar-refractivity contribution is 5.60. The van der Waals surface area contributed by atoms with Crippen molar-refractivity contribution in [2.75, 3.05) is 11.6 Å². The van der Waals surface area contributed by atoms with Gasteiger partial charge in [-0.2, -0.15) is 0 Å². The van der Waals surface area contributed by atoms with Crippen LogP contribution in [0.4, 0.5) is 10.1 Å². The number of nitrogens with zero attached hydrogens (tertiary/aromatic N) is 2. The van der Waals surface area contributed by atoms with Gasteiger partial charge >= 0.3 is 0 Å². The summed E-state index contributed by atoms with van der Waals surface area (Å²) >= 11 is 0. The van der Waals surface area contributed by atoms with E-state index in [0.29, 0.717) is 18.5 Å². The molecule has 2 N–H and O–H groups in total. The van der Waals surface area contributed by atoms with Gasteiger partial charge in [-0.25, -0.2) is 4.39 Å². The third-order valence-electron chi connectivity index (χ3n) is 4.18. The minimum absolute atomic E-state index is 0.619. The fraction of sp³-hybridized carbons (Fsp3) is 0.375. The Kier molecular flexibility index (Phi) is 2.78. The molecule has 0 radical (unpaired) electrons. The first-order valence-corrected chi connectivity index (χ1v) is 7.00. The summed E-state index contributed by atoms with van der Waals surface area (Å²) in [7, 11) is 0. The van der Waals surface area contributed by atoms with Crippen molar-refractivity contribution >= 4 is 5.69 Å². The number of anilines is 1. The van der Waals surface area contributed by atoms with E-state index >= 15 is 0 Å². The quantitative estimate of drug-likeness (QED) is 0.916. The summed E-state index contributed by atoms with van der Waals surface area (Å²) in [5, 5.41) is 4.04. The molecule has 20 heavy (non-hydrogen) atoms. The van der Waals surface area contributed by atoms with Gasteiger partial charge < -0.3 is 5.73 Å². The van der Waals surface area contributed by atoms with Crippen LogP contribution in [0.3, 0.4) is 0 Å². The molecule has 3 rings (SSSR count). The largest absolute Gasteiger partial charge is 0.396 e. The minimum Gasteiger partial charge on any atom is -0.396 e. The second-order valence-electron chi connectivity index (χ2n) is 5.49. The highest BCUT2D eigenvalue weighted by Crippen LogP contribution is 2.50. The molecule has 1 aliphatic heterocycles. The van der Waals surface area contributed by atoms with Crippen molar-refractivity contribution in [1.82, 2.24) is 5.01 Å². The van der Waals surface area contributed by atoms with E-state index in [0.717, 1.165) is 29.2 Å². The highest BCUT2D eigenvalue weighted by Gasteiger charge is 2.45. The third-order valence-corrected chi connectivity index (χ3v) is 4.18. The topological polar surface area (TPSA) is 32.5 Å². The molecule has 0 amide bonds. The Hall–Kier alpha value is -1.97. The summed E-state index contributed by atoms with van der Waals surface area (Å²) < 4.78 is 14.2. The predicted molar refractivity (Wildman–Crippen MR) is 79.3 cm³/mol. The lowest BCUT2D eigenvalue weighted by Crippen LogP contribution is -2.35. The summed E-state index contributed by atoms with van der Waals surface area (Å²) in [6.07, 6.45) is 1.24. The van der Waals surface area contributed by atoms with E-state index in [1.807, 2.05) is 36.2 Å². The third kappa shape index (κ3) is 1.79. The van der Waals surface area contributed by atoms with Gasteiger partial charge in [-0.05, 0) is 44.4 Å². The maximum Gasteiger partial charge on any atom is 0.136 e. The molecule has 0 unspecified atom stereocenters.